The molecule has 0 bridgehead atoms. The predicted octanol–water partition coefficient (Wildman–Crippen LogP) is 1.37. The van der Waals surface area contributed by atoms with Gasteiger partial charge in [-0.3, -0.25) is 4.79 Å². The third-order valence-corrected chi connectivity index (χ3v) is 0.755. The zero-order valence-corrected chi connectivity index (χ0v) is 5.83. The molecule has 0 aromatic carbocycles. The Morgan fingerprint density at radius 3 is 3.00 bits per heavy atom. The van der Waals surface area contributed by atoms with Gasteiger partial charge in [-0.1, -0.05) is 6.92 Å². The second-order valence-corrected chi connectivity index (χ2v) is 1.60. The van der Waals surface area contributed by atoms with Crippen molar-refractivity contribution in [3.05, 3.63) is 12.3 Å². The van der Waals surface area contributed by atoms with Gasteiger partial charge in [-0.2, -0.15) is 5.26 Å². The van der Waals surface area contributed by atoms with Gasteiger partial charge in [0.05, 0.1) is 12.3 Å². The monoisotopic (exact) mass is 139 g/mol. The van der Waals surface area contributed by atoms with Crippen LogP contribution in [0, 0.1) is 11.3 Å². The maximum absolute atomic E-state index is 10.4. The van der Waals surface area contributed by atoms with Crippen LogP contribution in [0.25, 0.3) is 0 Å². The van der Waals surface area contributed by atoms with E-state index >= 15 is 0 Å². The summed E-state index contributed by atoms with van der Waals surface area (Å²) in [5.41, 5.74) is 0. The van der Waals surface area contributed by atoms with Crippen LogP contribution >= 0.6 is 0 Å². The van der Waals surface area contributed by atoms with Gasteiger partial charge in [0.1, 0.15) is 6.42 Å². The first-order valence-corrected chi connectivity index (χ1v) is 3.02. The highest BCUT2D eigenvalue weighted by molar-refractivity contribution is 5.72. The minimum Gasteiger partial charge on any atom is -0.434 e. The maximum Gasteiger partial charge on any atom is 0.324 e. The van der Waals surface area contributed by atoms with Crippen molar-refractivity contribution in [3.8, 4) is 6.07 Å². The van der Waals surface area contributed by atoms with E-state index in [0.717, 1.165) is 6.42 Å². The lowest BCUT2D eigenvalue weighted by molar-refractivity contribution is -0.136. The van der Waals surface area contributed by atoms with E-state index in [1.165, 1.54) is 6.26 Å². The van der Waals surface area contributed by atoms with Crippen LogP contribution < -0.4 is 0 Å². The van der Waals surface area contributed by atoms with Crippen molar-refractivity contribution in [1.82, 2.24) is 0 Å². The van der Waals surface area contributed by atoms with E-state index < -0.39 is 5.97 Å². The molecular formula is C7H9NO2. The molecule has 0 radical (unpaired) electrons. The normalized spacial score (nSPS) is 9.20. The summed E-state index contributed by atoms with van der Waals surface area (Å²) in [5, 5.41) is 8.02. The number of nitriles is 1. The summed E-state index contributed by atoms with van der Waals surface area (Å²) in [5.74, 6) is -0.507. The number of carbonyl (C=O) groups excluding carboxylic acids is 1. The summed E-state index contributed by atoms with van der Waals surface area (Å²) in [6.07, 6.45) is 3.64. The lowest BCUT2D eigenvalue weighted by atomic mass is 10.5. The Hall–Kier alpha value is -1.30. The molecule has 0 spiro atoms. The van der Waals surface area contributed by atoms with E-state index in [2.05, 4.69) is 4.74 Å². The van der Waals surface area contributed by atoms with E-state index in [1.807, 2.05) is 6.92 Å². The molecule has 10 heavy (non-hydrogen) atoms. The summed E-state index contributed by atoms with van der Waals surface area (Å²) in [6, 6.07) is 1.69. The van der Waals surface area contributed by atoms with Crippen LogP contribution in [0.3, 0.4) is 0 Å². The number of allylic oxidation sites excluding steroid dienone is 1. The van der Waals surface area contributed by atoms with Crippen LogP contribution in [0.4, 0.5) is 0 Å². The molecule has 0 rings (SSSR count). The lowest BCUT2D eigenvalue weighted by Crippen LogP contribution is -1.96. The second kappa shape index (κ2) is 5.83. The van der Waals surface area contributed by atoms with Gasteiger partial charge in [0.15, 0.2) is 0 Å². The second-order valence-electron chi connectivity index (χ2n) is 1.60. The van der Waals surface area contributed by atoms with Crippen LogP contribution in [0.5, 0.6) is 0 Å². The molecule has 0 fully saturated rings. The average molecular weight is 139 g/mol. The van der Waals surface area contributed by atoms with Crippen LogP contribution in [-0.2, 0) is 9.53 Å². The number of esters is 1. The minimum absolute atomic E-state index is 0.186. The topological polar surface area (TPSA) is 50.1 Å². The lowest BCUT2D eigenvalue weighted by Gasteiger charge is -1.90. The average Bonchev–Trinajstić information content (AvgIpc) is 1.89. The molecule has 0 aliphatic heterocycles. The summed E-state index contributed by atoms with van der Waals surface area (Å²) in [7, 11) is 0. The zero-order chi connectivity index (χ0) is 7.82. The van der Waals surface area contributed by atoms with Crippen LogP contribution in [0.2, 0.25) is 0 Å². The Bertz CT molecular complexity index is 167. The Morgan fingerprint density at radius 2 is 2.50 bits per heavy atom. The van der Waals surface area contributed by atoms with Gasteiger partial charge in [-0.25, -0.2) is 0 Å². The fourth-order valence-corrected chi connectivity index (χ4v) is 0.326. The molecule has 0 aliphatic carbocycles. The Kier molecular flexibility index (Phi) is 5.07. The molecule has 0 saturated carbocycles. The van der Waals surface area contributed by atoms with E-state index in [-0.39, 0.29) is 6.42 Å². The summed E-state index contributed by atoms with van der Waals surface area (Å²) < 4.78 is 4.48. The van der Waals surface area contributed by atoms with Crippen molar-refractivity contribution >= 4 is 5.97 Å². The van der Waals surface area contributed by atoms with Gasteiger partial charge < -0.3 is 4.74 Å². The minimum atomic E-state index is -0.507. The number of hydrogen-bond donors (Lipinski definition) is 0. The number of rotatable bonds is 3. The molecule has 0 aliphatic rings. The quantitative estimate of drug-likeness (QED) is 0.438. The smallest absolute Gasteiger partial charge is 0.324 e. The number of nitrogens with zero attached hydrogens (tertiary/aromatic N) is 1. The summed E-state index contributed by atoms with van der Waals surface area (Å²) >= 11 is 0. The molecule has 0 N–H and O–H groups in total. The first-order valence-electron chi connectivity index (χ1n) is 3.02. The molecule has 3 nitrogen and oxygen atoms in total. The molecule has 0 heterocycles. The van der Waals surface area contributed by atoms with E-state index in [1.54, 1.807) is 12.1 Å². The number of hydrogen-bond acceptors (Lipinski definition) is 3. The van der Waals surface area contributed by atoms with Gasteiger partial charge in [0.2, 0.25) is 0 Å². The van der Waals surface area contributed by atoms with Gasteiger partial charge in [-0.15, -0.1) is 0 Å². The van der Waals surface area contributed by atoms with E-state index in [9.17, 15) is 4.79 Å². The zero-order valence-electron chi connectivity index (χ0n) is 5.83. The van der Waals surface area contributed by atoms with Crippen molar-refractivity contribution in [3.63, 3.8) is 0 Å². The molecular weight excluding hydrogens is 130 g/mol. The first-order chi connectivity index (χ1) is 4.81. The van der Waals surface area contributed by atoms with E-state index in [4.69, 9.17) is 5.26 Å². The fourth-order valence-electron chi connectivity index (χ4n) is 0.326. The molecule has 0 aromatic rings. The standard InChI is InChI=1S/C7H9NO2/c1-2-3-6-10-7(9)4-5-8/h3,6H,2,4H2,1H3. The van der Waals surface area contributed by atoms with Gasteiger partial charge in [0.25, 0.3) is 0 Å². The molecule has 0 amide bonds. The molecule has 0 unspecified atom stereocenters. The summed E-state index contributed by atoms with van der Waals surface area (Å²) in [4.78, 5) is 10.4. The Labute approximate surface area is 59.9 Å². The third kappa shape index (κ3) is 4.85. The number of ether oxygens (including phenoxy) is 1. The Morgan fingerprint density at radius 1 is 1.80 bits per heavy atom. The van der Waals surface area contributed by atoms with Crippen LogP contribution in [0.15, 0.2) is 12.3 Å². The predicted molar refractivity (Wildman–Crippen MR) is 35.8 cm³/mol. The van der Waals surface area contributed by atoms with Crippen LogP contribution in [-0.4, -0.2) is 5.97 Å². The van der Waals surface area contributed by atoms with Gasteiger partial charge in [0, 0.05) is 0 Å². The largest absolute Gasteiger partial charge is 0.434 e. The van der Waals surface area contributed by atoms with Crippen molar-refractivity contribution < 1.29 is 9.53 Å². The molecule has 0 saturated heterocycles. The van der Waals surface area contributed by atoms with Crippen molar-refractivity contribution in [2.75, 3.05) is 0 Å². The van der Waals surface area contributed by atoms with Crippen molar-refractivity contribution in [1.29, 1.82) is 5.26 Å². The molecule has 54 valence electrons. The van der Waals surface area contributed by atoms with Crippen molar-refractivity contribution in [2.45, 2.75) is 19.8 Å². The van der Waals surface area contributed by atoms with Gasteiger partial charge in [-0.05, 0) is 12.5 Å². The van der Waals surface area contributed by atoms with Gasteiger partial charge >= 0.3 is 5.97 Å². The molecule has 0 atom stereocenters. The van der Waals surface area contributed by atoms with E-state index in [0.29, 0.717) is 0 Å². The Balaban J connectivity index is 3.41. The maximum atomic E-state index is 10.4. The fraction of sp³-hybridized carbons (Fsp3) is 0.429. The van der Waals surface area contributed by atoms with Crippen molar-refractivity contribution in [2.24, 2.45) is 0 Å². The molecule has 0 aromatic heterocycles. The highest BCUT2D eigenvalue weighted by atomic mass is 16.5. The summed E-state index contributed by atoms with van der Waals surface area (Å²) in [6.45, 7) is 1.93. The molecule has 3 heteroatoms. The van der Waals surface area contributed by atoms with Crippen LogP contribution in [0.1, 0.15) is 19.8 Å². The highest BCUT2D eigenvalue weighted by Crippen LogP contribution is 1.86. The highest BCUT2D eigenvalue weighted by Gasteiger charge is 1.95. The SMILES string of the molecule is CCC=COC(=O)CC#N. The number of carbonyl (C=O) groups is 1. The third-order valence-electron chi connectivity index (χ3n) is 0.755. The first kappa shape index (κ1) is 8.70.